The molecular weight excluding hydrogens is 416 g/mol. The van der Waals surface area contributed by atoms with Crippen LogP contribution in [0.4, 0.5) is 0 Å². The molecule has 0 aromatic rings. The van der Waals surface area contributed by atoms with E-state index in [1.807, 2.05) is 13.8 Å². The van der Waals surface area contributed by atoms with Gasteiger partial charge in [0.05, 0.1) is 24.7 Å². The lowest BCUT2D eigenvalue weighted by Crippen LogP contribution is -2.67. The van der Waals surface area contributed by atoms with Crippen molar-refractivity contribution in [3.8, 4) is 0 Å². The Labute approximate surface area is 188 Å². The highest BCUT2D eigenvalue weighted by Crippen LogP contribution is 2.55. The molecule has 8 heteroatoms. The van der Waals surface area contributed by atoms with Gasteiger partial charge in [-0.1, -0.05) is 41.5 Å². The lowest BCUT2D eigenvalue weighted by Gasteiger charge is -2.55. The summed E-state index contributed by atoms with van der Waals surface area (Å²) in [5, 5.41) is -0.403. The van der Waals surface area contributed by atoms with Gasteiger partial charge in [0, 0.05) is 17.0 Å². The van der Waals surface area contributed by atoms with Gasteiger partial charge in [-0.15, -0.1) is 0 Å². The molecule has 2 aliphatic rings. The van der Waals surface area contributed by atoms with Gasteiger partial charge in [-0.3, -0.25) is 9.59 Å². The van der Waals surface area contributed by atoms with E-state index < -0.39 is 38.4 Å². The molecule has 7 nitrogen and oxygen atoms in total. The molecule has 0 unspecified atom stereocenters. The Morgan fingerprint density at radius 3 is 2.06 bits per heavy atom. The van der Waals surface area contributed by atoms with Crippen molar-refractivity contribution in [3.05, 3.63) is 0 Å². The average molecular weight is 459 g/mol. The van der Waals surface area contributed by atoms with E-state index in [-0.39, 0.29) is 22.0 Å². The fraction of sp³-hybridized carbons (Fsp3) is 0.913. The minimum atomic E-state index is -2.77. The zero-order valence-corrected chi connectivity index (χ0v) is 22.0. The lowest BCUT2D eigenvalue weighted by atomic mass is 9.83. The molecule has 0 amide bonds. The number of esters is 2. The number of hydrogen-bond donors (Lipinski definition) is 0. The standard InChI is InChI=1S/C23H42O7Si/c1-11-26-20(25)23(9,10)18-13-12-16(28-15(2)24)19-17(29-18)14-27-31(30-19,21(3,4)5)22(6,7)8/h16-19H,11-14H2,1-10H3/t16-,17-,18+,19-/m1/s1. The van der Waals surface area contributed by atoms with Crippen LogP contribution in [0.1, 0.15) is 82.1 Å². The molecule has 0 bridgehead atoms. The molecule has 2 fully saturated rings. The molecule has 0 aromatic carbocycles. The first-order valence-corrected chi connectivity index (χ1v) is 13.2. The summed E-state index contributed by atoms with van der Waals surface area (Å²) < 4.78 is 30.9. The summed E-state index contributed by atoms with van der Waals surface area (Å²) in [6, 6.07) is 0. The van der Waals surface area contributed by atoms with Gasteiger partial charge in [0.15, 0.2) is 0 Å². The Bertz CT molecular complexity index is 648. The smallest absolute Gasteiger partial charge is 0.349 e. The van der Waals surface area contributed by atoms with Gasteiger partial charge in [0.2, 0.25) is 0 Å². The highest BCUT2D eigenvalue weighted by atomic mass is 28.4. The third kappa shape index (κ3) is 5.18. The van der Waals surface area contributed by atoms with E-state index in [0.29, 0.717) is 26.1 Å². The second-order valence-corrected chi connectivity index (χ2v) is 16.1. The summed E-state index contributed by atoms with van der Waals surface area (Å²) in [7, 11) is -2.77. The quantitative estimate of drug-likeness (QED) is 0.453. The van der Waals surface area contributed by atoms with Gasteiger partial charge in [-0.05, 0) is 33.6 Å². The van der Waals surface area contributed by atoms with Crippen LogP contribution in [0.5, 0.6) is 0 Å². The summed E-state index contributed by atoms with van der Waals surface area (Å²) >= 11 is 0. The largest absolute Gasteiger partial charge is 0.466 e. The number of rotatable bonds is 4. The van der Waals surface area contributed by atoms with Crippen LogP contribution in [-0.2, 0) is 32.7 Å². The number of carbonyl (C=O) groups excluding carboxylic acids is 2. The van der Waals surface area contributed by atoms with Gasteiger partial charge >= 0.3 is 20.5 Å². The monoisotopic (exact) mass is 458 g/mol. The van der Waals surface area contributed by atoms with Crippen molar-refractivity contribution in [2.45, 2.75) is 117 Å². The third-order valence-corrected chi connectivity index (χ3v) is 11.6. The molecule has 2 aliphatic heterocycles. The molecular formula is C23H42O7Si. The third-order valence-electron chi connectivity index (χ3n) is 6.44. The maximum absolute atomic E-state index is 12.6. The van der Waals surface area contributed by atoms with E-state index in [1.54, 1.807) is 6.92 Å². The molecule has 0 aromatic heterocycles. The summed E-state index contributed by atoms with van der Waals surface area (Å²) in [4.78, 5) is 24.5. The van der Waals surface area contributed by atoms with Crippen LogP contribution in [0, 0.1) is 5.41 Å². The predicted octanol–water partition coefficient (Wildman–Crippen LogP) is 4.51. The molecule has 31 heavy (non-hydrogen) atoms. The van der Waals surface area contributed by atoms with Gasteiger partial charge in [-0.25, -0.2) is 0 Å². The van der Waals surface area contributed by atoms with Crippen LogP contribution >= 0.6 is 0 Å². The van der Waals surface area contributed by atoms with Crippen LogP contribution in [0.15, 0.2) is 0 Å². The first-order chi connectivity index (χ1) is 14.1. The van der Waals surface area contributed by atoms with Crippen LogP contribution in [0.3, 0.4) is 0 Å². The molecule has 0 radical (unpaired) electrons. The second kappa shape index (κ2) is 9.12. The minimum absolute atomic E-state index is 0.201. The molecule has 4 atom stereocenters. The van der Waals surface area contributed by atoms with Crippen LogP contribution in [0.25, 0.3) is 0 Å². The summed E-state index contributed by atoms with van der Waals surface area (Å²) in [6.45, 7) is 20.4. The van der Waals surface area contributed by atoms with Crippen molar-refractivity contribution in [2.75, 3.05) is 13.2 Å². The van der Waals surface area contributed by atoms with Crippen molar-refractivity contribution >= 4 is 20.5 Å². The molecule has 0 aliphatic carbocycles. The first kappa shape index (κ1) is 26.3. The van der Waals surface area contributed by atoms with Gasteiger partial charge < -0.3 is 23.1 Å². The van der Waals surface area contributed by atoms with Crippen LogP contribution in [-0.4, -0.2) is 58.1 Å². The van der Waals surface area contributed by atoms with Crippen molar-refractivity contribution < 1.29 is 32.7 Å². The van der Waals surface area contributed by atoms with E-state index in [9.17, 15) is 9.59 Å². The van der Waals surface area contributed by atoms with Gasteiger partial charge in [0.1, 0.15) is 18.3 Å². The van der Waals surface area contributed by atoms with Crippen molar-refractivity contribution in [2.24, 2.45) is 5.41 Å². The van der Waals surface area contributed by atoms with E-state index in [1.165, 1.54) is 6.92 Å². The van der Waals surface area contributed by atoms with E-state index in [0.717, 1.165) is 0 Å². The molecule has 180 valence electrons. The topological polar surface area (TPSA) is 80.3 Å². The normalized spacial score (nSPS) is 29.5. The Hall–Kier alpha value is -0.963. The Balaban J connectivity index is 2.42. The molecule has 0 N–H and O–H groups in total. The van der Waals surface area contributed by atoms with E-state index in [2.05, 4.69) is 41.5 Å². The van der Waals surface area contributed by atoms with Crippen LogP contribution in [0.2, 0.25) is 10.1 Å². The maximum Gasteiger partial charge on any atom is 0.349 e. The molecule has 2 rings (SSSR count). The fourth-order valence-electron chi connectivity index (χ4n) is 5.02. The molecule has 0 saturated carbocycles. The minimum Gasteiger partial charge on any atom is -0.466 e. The zero-order chi connectivity index (χ0) is 23.8. The highest BCUT2D eigenvalue weighted by Gasteiger charge is 2.64. The fourth-order valence-corrected chi connectivity index (χ4v) is 9.99. The Morgan fingerprint density at radius 2 is 1.58 bits per heavy atom. The van der Waals surface area contributed by atoms with E-state index in [4.69, 9.17) is 23.1 Å². The Morgan fingerprint density at radius 1 is 1.00 bits per heavy atom. The van der Waals surface area contributed by atoms with Crippen LogP contribution < -0.4 is 0 Å². The predicted molar refractivity (Wildman–Crippen MR) is 120 cm³/mol. The second-order valence-electron chi connectivity index (χ2n) is 11.3. The van der Waals surface area contributed by atoms with Crippen molar-refractivity contribution in [1.82, 2.24) is 0 Å². The molecule has 2 saturated heterocycles. The summed E-state index contributed by atoms with van der Waals surface area (Å²) in [5.41, 5.74) is -0.842. The van der Waals surface area contributed by atoms with Gasteiger partial charge in [0.25, 0.3) is 0 Å². The summed E-state index contributed by atoms with van der Waals surface area (Å²) in [6.07, 6.45) is -0.620. The summed E-state index contributed by atoms with van der Waals surface area (Å²) in [5.74, 6) is -0.644. The number of hydrogen-bond acceptors (Lipinski definition) is 7. The highest BCUT2D eigenvalue weighted by molar-refractivity contribution is 6.73. The lowest BCUT2D eigenvalue weighted by molar-refractivity contribution is -0.186. The maximum atomic E-state index is 12.6. The number of ether oxygens (including phenoxy) is 3. The average Bonchev–Trinajstić information content (AvgIpc) is 2.79. The van der Waals surface area contributed by atoms with Crippen molar-refractivity contribution in [3.63, 3.8) is 0 Å². The molecule has 2 heterocycles. The molecule has 0 spiro atoms. The number of fused-ring (bicyclic) bond motifs is 1. The Kier molecular flexibility index (Phi) is 7.73. The van der Waals surface area contributed by atoms with Gasteiger partial charge in [-0.2, -0.15) is 0 Å². The van der Waals surface area contributed by atoms with E-state index >= 15 is 0 Å². The first-order valence-electron chi connectivity index (χ1n) is 11.4. The number of carbonyl (C=O) groups is 2. The zero-order valence-electron chi connectivity index (χ0n) is 21.0. The van der Waals surface area contributed by atoms with Crippen molar-refractivity contribution in [1.29, 1.82) is 0 Å². The SMILES string of the molecule is CCOC(=O)C(C)(C)[C@@H]1CC[C@@H](OC(C)=O)[C@H]2O[Si](C(C)(C)C)(C(C)(C)C)OC[C@H]2O1.